The Labute approximate surface area is 238 Å². The van der Waals surface area contributed by atoms with E-state index in [4.69, 9.17) is 9.84 Å². The highest BCUT2D eigenvalue weighted by atomic mass is 19.4. The Morgan fingerprint density at radius 3 is 1.60 bits per heavy atom. The molecule has 0 heterocycles. The topological polar surface area (TPSA) is 72.8 Å². The van der Waals surface area contributed by atoms with Crippen LogP contribution in [0.2, 0.25) is 0 Å². The van der Waals surface area contributed by atoms with Gasteiger partial charge in [0.2, 0.25) is 5.83 Å². The minimum atomic E-state index is -8.76. The quantitative estimate of drug-likeness (QED) is 0.0917. The lowest BCUT2D eigenvalue weighted by atomic mass is 9.91. The molecule has 0 aromatic heterocycles. The summed E-state index contributed by atoms with van der Waals surface area (Å²) in [6, 6.07) is -3.23. The van der Waals surface area contributed by atoms with Gasteiger partial charge in [0.05, 0.1) is 11.1 Å². The summed E-state index contributed by atoms with van der Waals surface area (Å²) in [5, 5.41) is 9.07. The fraction of sp³-hybridized carbons (Fsp3) is 0.391. The van der Waals surface area contributed by atoms with Gasteiger partial charge in [-0.15, -0.1) is 6.58 Å². The predicted molar refractivity (Wildman–Crippen MR) is 113 cm³/mol. The normalized spacial score (nSPS) is 15.1. The number of hydrogen-bond acceptors (Lipinski definition) is 4. The molecule has 1 rings (SSSR count). The first-order chi connectivity index (χ1) is 20.0. The molecule has 0 amide bonds. The Morgan fingerprint density at radius 2 is 1.18 bits per heavy atom. The average Bonchev–Trinajstić information content (AvgIpc) is 2.90. The lowest BCUT2D eigenvalue weighted by Gasteiger charge is -2.41. The van der Waals surface area contributed by atoms with Crippen molar-refractivity contribution in [3.63, 3.8) is 0 Å². The van der Waals surface area contributed by atoms with Crippen LogP contribution in [0.1, 0.15) is 27.1 Å². The summed E-state index contributed by atoms with van der Waals surface area (Å²) < 4.78 is 236. The van der Waals surface area contributed by atoms with Crippen molar-refractivity contribution < 1.29 is 98.8 Å². The van der Waals surface area contributed by atoms with Gasteiger partial charge in [0.25, 0.3) is 0 Å². The Balaban J connectivity index is 3.68. The summed E-state index contributed by atoms with van der Waals surface area (Å²) in [4.78, 5) is 23.5. The van der Waals surface area contributed by atoms with Crippen LogP contribution in [0.25, 0.3) is 0 Å². The Bertz CT molecular complexity index is 1350. The molecule has 254 valence electrons. The standard InChI is InChI=1S/C23H13F17O5/c1-3-5-11(4-2)45-16(43)10-6-9(15(41)42)7-12(8-10)44-14(25)13(24)17(26,27)18(28,29)19(30,31)20(32,33)21(34,35)22(36,37)23(38,39)40/h3-4,6-8,11H,1-2,5H2,(H,41,42). The van der Waals surface area contributed by atoms with Gasteiger partial charge in [0.1, 0.15) is 11.9 Å². The molecular formula is C23H13F17O5. The number of halogens is 17. The number of carboxylic acid groups (broad SMARTS) is 1. The molecule has 0 saturated carbocycles. The molecule has 1 atom stereocenters. The van der Waals surface area contributed by atoms with E-state index in [1.165, 1.54) is 6.08 Å². The lowest BCUT2D eigenvalue weighted by Crippen LogP contribution is -2.72. The van der Waals surface area contributed by atoms with Crippen molar-refractivity contribution in [2.45, 2.75) is 54.2 Å². The second-order valence-corrected chi connectivity index (χ2v) is 8.39. The van der Waals surface area contributed by atoms with Gasteiger partial charge in [-0.1, -0.05) is 18.7 Å². The van der Waals surface area contributed by atoms with Gasteiger partial charge in [-0.2, -0.15) is 74.6 Å². The zero-order valence-corrected chi connectivity index (χ0v) is 21.1. The van der Waals surface area contributed by atoms with Crippen molar-refractivity contribution in [1.82, 2.24) is 0 Å². The van der Waals surface area contributed by atoms with Crippen molar-refractivity contribution in [2.24, 2.45) is 0 Å². The molecule has 0 spiro atoms. The first kappa shape index (κ1) is 39.0. The first-order valence-corrected chi connectivity index (χ1v) is 10.9. The molecule has 0 aliphatic carbocycles. The Hall–Kier alpha value is -4.01. The van der Waals surface area contributed by atoms with Gasteiger partial charge in [0.15, 0.2) is 0 Å². The highest BCUT2D eigenvalue weighted by Crippen LogP contribution is 2.63. The summed E-state index contributed by atoms with van der Waals surface area (Å²) in [6.07, 6.45) is -6.98. The van der Waals surface area contributed by atoms with Gasteiger partial charge < -0.3 is 14.6 Å². The number of benzene rings is 1. The number of carbonyl (C=O) groups excluding carboxylic acids is 1. The maximum Gasteiger partial charge on any atom is 0.460 e. The Kier molecular flexibility index (Phi) is 10.8. The van der Waals surface area contributed by atoms with Crippen LogP contribution in [0.15, 0.2) is 55.3 Å². The van der Waals surface area contributed by atoms with E-state index < -0.39 is 88.5 Å². The van der Waals surface area contributed by atoms with Crippen molar-refractivity contribution >= 4 is 11.9 Å². The lowest BCUT2D eigenvalue weighted by molar-refractivity contribution is -0.451. The number of rotatable bonds is 14. The molecule has 1 aromatic carbocycles. The average molecular weight is 692 g/mol. The largest absolute Gasteiger partial charge is 0.478 e. The number of carboxylic acids is 1. The smallest absolute Gasteiger partial charge is 0.460 e. The molecule has 22 heteroatoms. The molecule has 45 heavy (non-hydrogen) atoms. The van der Waals surface area contributed by atoms with Crippen molar-refractivity contribution in [3.05, 3.63) is 66.5 Å². The molecule has 0 saturated heterocycles. The van der Waals surface area contributed by atoms with Crippen LogP contribution in [0.4, 0.5) is 74.6 Å². The number of hydrogen-bond donors (Lipinski definition) is 1. The molecule has 1 N–H and O–H groups in total. The van der Waals surface area contributed by atoms with Crippen LogP contribution in [0, 0.1) is 0 Å². The highest BCUT2D eigenvalue weighted by Gasteiger charge is 2.93. The van der Waals surface area contributed by atoms with Crippen molar-refractivity contribution in [3.8, 4) is 5.75 Å². The highest BCUT2D eigenvalue weighted by molar-refractivity contribution is 5.95. The van der Waals surface area contributed by atoms with Crippen LogP contribution in [0.5, 0.6) is 5.75 Å². The van der Waals surface area contributed by atoms with E-state index in [2.05, 4.69) is 17.9 Å². The van der Waals surface area contributed by atoms with Crippen LogP contribution in [0.3, 0.4) is 0 Å². The summed E-state index contributed by atoms with van der Waals surface area (Å²) in [6.45, 7) is 6.55. The van der Waals surface area contributed by atoms with Crippen LogP contribution >= 0.6 is 0 Å². The summed E-state index contributed by atoms with van der Waals surface area (Å²) in [7, 11) is 0. The number of aromatic carboxylic acids is 1. The summed E-state index contributed by atoms with van der Waals surface area (Å²) in [5.41, 5.74) is -2.15. The molecule has 0 radical (unpaired) electrons. The van der Waals surface area contributed by atoms with Crippen LogP contribution in [-0.4, -0.2) is 64.9 Å². The predicted octanol–water partition coefficient (Wildman–Crippen LogP) is 8.53. The van der Waals surface area contributed by atoms with Gasteiger partial charge >= 0.3 is 59.7 Å². The SMILES string of the molecule is C=CCC(C=C)OC(=O)c1cc(OC(F)=C(F)C(F)(F)C(F)(F)C(F)(F)C(F)(F)C(F)(F)C(F)(F)C(F)(F)F)cc(C(=O)O)c1. The third-order valence-corrected chi connectivity index (χ3v) is 5.29. The van der Waals surface area contributed by atoms with E-state index in [0.717, 1.165) is 6.08 Å². The molecule has 0 fully saturated rings. The fourth-order valence-electron chi connectivity index (χ4n) is 2.84. The van der Waals surface area contributed by atoms with E-state index >= 15 is 0 Å². The number of carbonyl (C=O) groups is 2. The molecule has 0 aliphatic heterocycles. The monoisotopic (exact) mass is 692 g/mol. The zero-order valence-electron chi connectivity index (χ0n) is 21.1. The van der Waals surface area contributed by atoms with E-state index in [0.29, 0.717) is 6.07 Å². The van der Waals surface area contributed by atoms with Crippen molar-refractivity contribution in [1.29, 1.82) is 0 Å². The molecule has 0 bridgehead atoms. The van der Waals surface area contributed by atoms with Gasteiger partial charge in [-0.3, -0.25) is 0 Å². The van der Waals surface area contributed by atoms with Gasteiger partial charge in [0, 0.05) is 6.42 Å². The number of esters is 1. The van der Waals surface area contributed by atoms with E-state index in [-0.39, 0.29) is 18.6 Å². The van der Waals surface area contributed by atoms with E-state index in [1.807, 2.05) is 0 Å². The molecule has 5 nitrogen and oxygen atoms in total. The number of allylic oxidation sites excluding steroid dienone is 1. The number of ether oxygens (including phenoxy) is 2. The minimum absolute atomic E-state index is 0.0412. The maximum atomic E-state index is 14.1. The third-order valence-electron chi connectivity index (χ3n) is 5.29. The molecule has 0 aliphatic rings. The third kappa shape index (κ3) is 6.67. The van der Waals surface area contributed by atoms with E-state index in [1.54, 1.807) is 0 Å². The molecular weight excluding hydrogens is 679 g/mol. The first-order valence-electron chi connectivity index (χ1n) is 10.9. The number of alkyl halides is 15. The molecule has 1 aromatic rings. The van der Waals surface area contributed by atoms with Gasteiger partial charge in [-0.05, 0) is 18.2 Å². The second kappa shape index (κ2) is 12.4. The Morgan fingerprint density at radius 1 is 0.733 bits per heavy atom. The summed E-state index contributed by atoms with van der Waals surface area (Å²) in [5.74, 6) is -60.5. The maximum absolute atomic E-state index is 14.1. The van der Waals surface area contributed by atoms with Gasteiger partial charge in [-0.25, -0.2) is 9.59 Å². The zero-order chi connectivity index (χ0) is 35.8. The van der Waals surface area contributed by atoms with E-state index in [9.17, 15) is 84.2 Å². The van der Waals surface area contributed by atoms with Crippen LogP contribution < -0.4 is 4.74 Å². The van der Waals surface area contributed by atoms with Crippen LogP contribution in [-0.2, 0) is 4.74 Å². The summed E-state index contributed by atoms with van der Waals surface area (Å²) >= 11 is 0. The van der Waals surface area contributed by atoms with Crippen molar-refractivity contribution in [2.75, 3.05) is 0 Å². The minimum Gasteiger partial charge on any atom is -0.478 e. The molecule has 1 unspecified atom stereocenters. The second-order valence-electron chi connectivity index (χ2n) is 8.39. The fourth-order valence-corrected chi connectivity index (χ4v) is 2.84.